The molecule has 1 aliphatic rings. The molecule has 2 heterocycles. The van der Waals surface area contributed by atoms with Crippen LogP contribution >= 0.6 is 32.9 Å². The van der Waals surface area contributed by atoms with Gasteiger partial charge in [0.2, 0.25) is 53.2 Å². The predicted octanol–water partition coefficient (Wildman–Crippen LogP) is 2.67. The van der Waals surface area contributed by atoms with Crippen molar-refractivity contribution in [3.05, 3.63) is 118 Å². The van der Waals surface area contributed by atoms with Crippen molar-refractivity contribution in [2.24, 2.45) is 23.5 Å². The van der Waals surface area contributed by atoms with E-state index in [0.717, 1.165) is 37.6 Å². The number of ether oxygens (including phenoxy) is 2. The second-order valence-electron chi connectivity index (χ2n) is 31.8. The number of aliphatic carboxylic acids is 4. The summed E-state index contributed by atoms with van der Waals surface area (Å²) in [4.78, 5) is 231. The first kappa shape index (κ1) is 108. The maximum atomic E-state index is 14.8. The van der Waals surface area contributed by atoms with Crippen LogP contribution in [0.2, 0.25) is 0 Å². The number of thiazole rings is 1. The fourth-order valence-electron chi connectivity index (χ4n) is 13.4. The zero-order chi connectivity index (χ0) is 95.5. The van der Waals surface area contributed by atoms with Gasteiger partial charge in [-0.15, -0.1) is 11.3 Å². The largest absolute Gasteiger partial charge is 0.508 e. The molecule has 0 spiro atoms. The Labute approximate surface area is 759 Å². The fourth-order valence-corrected chi connectivity index (χ4v) is 15.9. The van der Waals surface area contributed by atoms with Gasteiger partial charge in [0.1, 0.15) is 71.0 Å². The average Bonchev–Trinajstić information content (AvgIpc) is 1.79. The SMILES string of the molecule is CCCC(=O)OCN(C(=O)[C@@H](NC(=O)[C@H]1CCCCN1C)C(C)CC)[C@H](C[C@@H](O)c1nc(C(=O)N[C@@H](Cc2ccc(O)cc2)C[C@H](C)C(=O)NNC(=O)OCCSSCCNC(=O)[C@H](CC(=O)O)NC(=O)[C@@H](N)CNC(=O)[C@H](Cc2ccccc2)NC(=O)[C@H](Cc2ccccc2)NC(=O)CCNC(=O)CC[C@](C)(NC(=O)N[C@@H](CCC(=O)O)C(=O)O)C(=O)O)cs1)C(C)C. The van der Waals surface area contributed by atoms with Crippen LogP contribution in [0, 0.1) is 17.8 Å². The average molecular weight is 1860 g/mol. The van der Waals surface area contributed by atoms with E-state index < -0.39 is 219 Å². The number of aliphatic hydroxyl groups is 1. The number of aliphatic hydroxyl groups excluding tert-OH is 1. The molecule has 0 radical (unpaired) electrons. The monoisotopic (exact) mass is 1860 g/mol. The molecule has 1 fully saturated rings. The number of esters is 1. The lowest BCUT2D eigenvalue weighted by atomic mass is 9.92. The second-order valence-corrected chi connectivity index (χ2v) is 35.4. The Bertz CT molecular complexity index is 4410. The number of hydrogen-bond acceptors (Lipinski definition) is 27. The normalized spacial score (nSPS) is 15.5. The Morgan fingerprint density at radius 3 is 1.88 bits per heavy atom. The molecular formula is C85H122N16O25S3. The number of benzene rings is 3. The minimum Gasteiger partial charge on any atom is -0.508 e. The number of nitrogens with zero attached hydrogens (tertiary/aromatic N) is 3. The number of carbonyl (C=O) groups excluding carboxylic acids is 13. The molecular weight excluding hydrogens is 1740 g/mol. The number of likely N-dealkylation sites (tertiary alicyclic amines) is 1. The molecule has 20 N–H and O–H groups in total. The summed E-state index contributed by atoms with van der Waals surface area (Å²) in [5.41, 5.74) is 10.4. The molecule has 0 saturated carbocycles. The summed E-state index contributed by atoms with van der Waals surface area (Å²) < 4.78 is 10.9. The first-order valence-electron chi connectivity index (χ1n) is 42.4. The third-order valence-corrected chi connectivity index (χ3v) is 24.4. The molecule has 710 valence electrons. The van der Waals surface area contributed by atoms with Crippen molar-refractivity contribution >= 4 is 134 Å². The maximum Gasteiger partial charge on any atom is 0.426 e. The molecule has 3 aromatic carbocycles. The molecule has 41 nitrogen and oxygen atoms in total. The Kier molecular flexibility index (Phi) is 46.7. The van der Waals surface area contributed by atoms with Gasteiger partial charge in [-0.2, -0.15) is 0 Å². The number of hydrogen-bond donors (Lipinski definition) is 19. The third kappa shape index (κ3) is 39.0. The number of piperidine rings is 1. The standard InChI is InChI=1S/C85H122N16O25S3/c1-9-19-70(110)126-48-101(80(118)71(50(5)10-2)96-78(117)63-24-17-18-36-100(63)8)64(49(3)4)45-65(103)79-94-62(47-127-79)77(116)90-55(41-54-25-27-56(102)28-26-54)40-51(6)72(111)98-99-84(124)125-37-39-129-128-38-35-88-74(113)61(44-69(108)109)92-73(112)57(86)46-89-75(114)59(42-52-20-13-11-14-21-52)93-76(115)60(43-53-22-15-12-16-23-53)91-67(105)32-34-87-66(104)31-33-85(7,82(121)122)97-83(123)95-58(81(119)120)29-30-68(106)107/h11-16,20-23,25-28,47,49-51,55,57-61,63-65,71,102-103H,9-10,17-19,24,29-46,48,86H2,1-8H3,(H,87,104)(H,88,113)(H,89,114)(H,90,116)(H,91,105)(H,92,112)(H,93,115)(H,96,117)(H,98,111)(H,99,124)(H,106,107)(H,108,109)(H,119,120)(H,121,122)(H2,95,97,123)/t50?,51-,55+,57-,58-,59-,60-,61-,63+,64+,65+,71-,85-/m0/s1. The number of phenolic OH excluding ortho intramolecular Hbond substituents is 1. The molecule has 13 atom stereocenters. The fraction of sp³-hybridized carbons (Fsp3) is 0.553. The summed E-state index contributed by atoms with van der Waals surface area (Å²) >= 11 is 1.01. The molecule has 5 rings (SSSR count). The predicted molar refractivity (Wildman–Crippen MR) is 474 cm³/mol. The summed E-state index contributed by atoms with van der Waals surface area (Å²) in [5, 5.41) is 86.6. The summed E-state index contributed by atoms with van der Waals surface area (Å²) in [6.45, 7) is 11.1. The Hall–Kier alpha value is -11.7. The van der Waals surface area contributed by atoms with Gasteiger partial charge in [-0.3, -0.25) is 72.7 Å². The van der Waals surface area contributed by atoms with E-state index in [-0.39, 0.29) is 104 Å². The molecule has 44 heteroatoms. The number of aromatic nitrogens is 1. The van der Waals surface area contributed by atoms with Crippen LogP contribution in [0.1, 0.15) is 177 Å². The molecule has 1 unspecified atom stereocenters. The Morgan fingerprint density at radius 1 is 0.643 bits per heavy atom. The van der Waals surface area contributed by atoms with Crippen LogP contribution in [0.15, 0.2) is 90.3 Å². The van der Waals surface area contributed by atoms with Gasteiger partial charge in [0, 0.05) is 99.5 Å². The molecule has 1 aromatic heterocycles. The number of urea groups is 1. The van der Waals surface area contributed by atoms with Crippen LogP contribution in [-0.4, -0.2) is 264 Å². The number of phenols is 1. The van der Waals surface area contributed by atoms with E-state index in [4.69, 9.17) is 20.3 Å². The van der Waals surface area contributed by atoms with Gasteiger partial charge in [0.05, 0.1) is 12.5 Å². The van der Waals surface area contributed by atoms with Crippen LogP contribution < -0.4 is 69.8 Å². The van der Waals surface area contributed by atoms with Crippen LogP contribution in [-0.2, 0) is 95.9 Å². The number of nitrogens with two attached hydrogens (primary N) is 1. The first-order valence-corrected chi connectivity index (χ1v) is 45.8. The Balaban J connectivity index is 1.08. The molecule has 0 aliphatic carbocycles. The van der Waals surface area contributed by atoms with Crippen LogP contribution in [0.3, 0.4) is 0 Å². The van der Waals surface area contributed by atoms with Gasteiger partial charge in [-0.25, -0.2) is 29.6 Å². The quantitative estimate of drug-likeness (QED) is 0.00993. The van der Waals surface area contributed by atoms with Crippen molar-refractivity contribution in [1.82, 2.24) is 78.8 Å². The number of hydrazine groups is 1. The molecule has 1 saturated heterocycles. The molecule has 4 aromatic rings. The molecule has 1 aliphatic heterocycles. The van der Waals surface area contributed by atoms with Crippen LogP contribution in [0.5, 0.6) is 5.75 Å². The highest BCUT2D eigenvalue weighted by Crippen LogP contribution is 2.30. The van der Waals surface area contributed by atoms with Crippen molar-refractivity contribution in [3.8, 4) is 5.75 Å². The van der Waals surface area contributed by atoms with E-state index in [2.05, 4.69) is 63.7 Å². The summed E-state index contributed by atoms with van der Waals surface area (Å²) in [6, 6.07) is 11.3. The lowest BCUT2D eigenvalue weighted by molar-refractivity contribution is -0.159. The van der Waals surface area contributed by atoms with Gasteiger partial charge in [0.15, 0.2) is 6.73 Å². The van der Waals surface area contributed by atoms with E-state index in [0.29, 0.717) is 36.0 Å². The Morgan fingerprint density at radius 2 is 1.27 bits per heavy atom. The smallest absolute Gasteiger partial charge is 0.426 e. The number of carbonyl (C=O) groups is 17. The number of amides is 13. The summed E-state index contributed by atoms with van der Waals surface area (Å²) in [5.74, 6) is -14.7. The minimum atomic E-state index is -2.13. The highest BCUT2D eigenvalue weighted by atomic mass is 33.1. The van der Waals surface area contributed by atoms with Crippen molar-refractivity contribution in [1.29, 1.82) is 0 Å². The van der Waals surface area contributed by atoms with Crippen LogP contribution in [0.4, 0.5) is 9.59 Å². The van der Waals surface area contributed by atoms with Gasteiger partial charge >= 0.3 is 42.0 Å². The lowest BCUT2D eigenvalue weighted by Gasteiger charge is -2.39. The molecule has 129 heavy (non-hydrogen) atoms. The third-order valence-electron chi connectivity index (χ3n) is 21.1. The lowest BCUT2D eigenvalue weighted by Crippen LogP contribution is -2.59. The van der Waals surface area contributed by atoms with E-state index in [1.807, 2.05) is 51.9 Å². The van der Waals surface area contributed by atoms with E-state index >= 15 is 0 Å². The number of nitrogens with one attached hydrogen (secondary N) is 12. The van der Waals surface area contributed by atoms with E-state index in [1.54, 1.807) is 79.7 Å². The number of carboxylic acids is 4. The maximum absolute atomic E-state index is 14.8. The topological polar surface area (TPSA) is 620 Å². The van der Waals surface area contributed by atoms with Crippen molar-refractivity contribution in [3.63, 3.8) is 0 Å². The number of aromatic hydroxyl groups is 1. The first-order chi connectivity index (χ1) is 61.2. The van der Waals surface area contributed by atoms with Gasteiger partial charge in [-0.1, -0.05) is 149 Å². The number of likely N-dealkylation sites (N-methyl/N-ethyl adjacent to an activating group) is 1. The molecule has 13 amide bonds. The highest BCUT2D eigenvalue weighted by molar-refractivity contribution is 8.76. The number of carboxylic acid groups (broad SMARTS) is 4. The summed E-state index contributed by atoms with van der Waals surface area (Å²) in [6.07, 6.45) is -2.35. The van der Waals surface area contributed by atoms with Gasteiger partial charge in [-0.05, 0) is 106 Å². The van der Waals surface area contributed by atoms with E-state index in [1.165, 1.54) is 44.0 Å². The van der Waals surface area contributed by atoms with Crippen molar-refractivity contribution in [2.45, 2.75) is 224 Å². The zero-order valence-electron chi connectivity index (χ0n) is 73.4. The van der Waals surface area contributed by atoms with Gasteiger partial charge in [0.25, 0.3) is 5.91 Å². The highest BCUT2D eigenvalue weighted by Gasteiger charge is 2.41. The van der Waals surface area contributed by atoms with Crippen LogP contribution in [0.25, 0.3) is 0 Å². The van der Waals surface area contributed by atoms with Gasteiger partial charge < -0.3 is 104 Å². The molecule has 0 bridgehead atoms. The van der Waals surface area contributed by atoms with E-state index in [9.17, 15) is 107 Å². The summed E-state index contributed by atoms with van der Waals surface area (Å²) in [7, 11) is 4.34. The van der Waals surface area contributed by atoms with Crippen molar-refractivity contribution in [2.75, 3.05) is 58.1 Å². The second kappa shape index (κ2) is 55.9. The number of rotatable bonds is 56. The minimum absolute atomic E-state index is 0.00522. The zero-order valence-corrected chi connectivity index (χ0v) is 75.9. The van der Waals surface area contributed by atoms with Crippen molar-refractivity contribution < 1.29 is 122 Å².